The Kier molecular flexibility index (Phi) is 5.76. The van der Waals surface area contributed by atoms with E-state index in [9.17, 15) is 9.59 Å². The van der Waals surface area contributed by atoms with E-state index in [1.165, 1.54) is 11.1 Å². The van der Waals surface area contributed by atoms with E-state index in [1.807, 2.05) is 13.8 Å². The predicted molar refractivity (Wildman–Crippen MR) is 78.7 cm³/mol. The van der Waals surface area contributed by atoms with Crippen LogP contribution in [0.5, 0.6) is 0 Å². The third-order valence-electron chi connectivity index (χ3n) is 2.65. The van der Waals surface area contributed by atoms with Gasteiger partial charge in [0.15, 0.2) is 0 Å². The average molecular weight is 299 g/mol. The first-order valence-corrected chi connectivity index (χ1v) is 6.59. The number of nitrogens with zero attached hydrogens (tertiary/aromatic N) is 2. The lowest BCUT2D eigenvalue weighted by Crippen LogP contribution is -2.50. The number of urea groups is 1. The Balaban J connectivity index is 2.67. The highest BCUT2D eigenvalue weighted by Gasteiger charge is 2.25. The van der Waals surface area contributed by atoms with Crippen molar-refractivity contribution >= 4 is 29.2 Å². The standard InChI is InChI=1S/C13H19ClN4O2/c1-8(2)11(12(19)18(3)4)17-13(20)16-9-5-6-10(14)15-7-9/h5-8,11H,1-4H3,(H2,16,17,20). The van der Waals surface area contributed by atoms with Gasteiger partial charge in [-0.25, -0.2) is 9.78 Å². The summed E-state index contributed by atoms with van der Waals surface area (Å²) < 4.78 is 0. The van der Waals surface area contributed by atoms with Gasteiger partial charge in [-0.2, -0.15) is 0 Å². The van der Waals surface area contributed by atoms with Crippen LogP contribution in [0.2, 0.25) is 5.15 Å². The zero-order valence-electron chi connectivity index (χ0n) is 12.0. The van der Waals surface area contributed by atoms with Crippen LogP contribution in [0.25, 0.3) is 0 Å². The van der Waals surface area contributed by atoms with Crippen molar-refractivity contribution < 1.29 is 9.59 Å². The molecule has 3 amide bonds. The number of rotatable bonds is 4. The second kappa shape index (κ2) is 7.09. The van der Waals surface area contributed by atoms with E-state index in [0.29, 0.717) is 10.8 Å². The van der Waals surface area contributed by atoms with Crippen LogP contribution in [0, 0.1) is 5.92 Å². The van der Waals surface area contributed by atoms with Gasteiger partial charge in [-0.05, 0) is 18.1 Å². The Labute approximate surface area is 123 Å². The number of amides is 3. The summed E-state index contributed by atoms with van der Waals surface area (Å²) in [5.41, 5.74) is 0.506. The topological polar surface area (TPSA) is 74.3 Å². The SMILES string of the molecule is CC(C)C(NC(=O)Nc1ccc(Cl)nc1)C(=O)N(C)C. The summed E-state index contributed by atoms with van der Waals surface area (Å²) in [4.78, 5) is 29.2. The maximum Gasteiger partial charge on any atom is 0.319 e. The fourth-order valence-corrected chi connectivity index (χ4v) is 1.66. The molecule has 0 spiro atoms. The van der Waals surface area contributed by atoms with Gasteiger partial charge in [-0.1, -0.05) is 25.4 Å². The zero-order chi connectivity index (χ0) is 15.3. The maximum atomic E-state index is 12.0. The van der Waals surface area contributed by atoms with Gasteiger partial charge < -0.3 is 15.5 Å². The van der Waals surface area contributed by atoms with Crippen LogP contribution in [0.15, 0.2) is 18.3 Å². The molecule has 0 aliphatic heterocycles. The molecule has 20 heavy (non-hydrogen) atoms. The van der Waals surface area contributed by atoms with Crippen molar-refractivity contribution in [3.63, 3.8) is 0 Å². The van der Waals surface area contributed by atoms with Crippen molar-refractivity contribution in [1.82, 2.24) is 15.2 Å². The average Bonchev–Trinajstić information content (AvgIpc) is 2.37. The van der Waals surface area contributed by atoms with E-state index in [0.717, 1.165) is 0 Å². The summed E-state index contributed by atoms with van der Waals surface area (Å²) in [7, 11) is 3.31. The second-order valence-electron chi connectivity index (χ2n) is 4.92. The molecule has 0 aliphatic carbocycles. The number of pyridine rings is 1. The molecule has 110 valence electrons. The van der Waals surface area contributed by atoms with E-state index in [2.05, 4.69) is 15.6 Å². The van der Waals surface area contributed by atoms with Crippen LogP contribution in [0.4, 0.5) is 10.5 Å². The molecule has 0 fully saturated rings. The summed E-state index contributed by atoms with van der Waals surface area (Å²) in [6.07, 6.45) is 1.44. The van der Waals surface area contributed by atoms with Crippen molar-refractivity contribution in [1.29, 1.82) is 0 Å². The van der Waals surface area contributed by atoms with Crippen molar-refractivity contribution in [3.8, 4) is 0 Å². The molecule has 0 saturated heterocycles. The largest absolute Gasteiger partial charge is 0.347 e. The van der Waals surface area contributed by atoms with Gasteiger partial charge in [0.1, 0.15) is 11.2 Å². The molecule has 0 aromatic carbocycles. The molecule has 1 atom stereocenters. The Hall–Kier alpha value is -1.82. The van der Waals surface area contributed by atoms with Gasteiger partial charge in [-0.15, -0.1) is 0 Å². The molecule has 1 rings (SSSR count). The predicted octanol–water partition coefficient (Wildman–Crippen LogP) is 1.97. The summed E-state index contributed by atoms with van der Waals surface area (Å²) in [6.45, 7) is 3.74. The number of aromatic nitrogens is 1. The molecule has 0 radical (unpaired) electrons. The third-order valence-corrected chi connectivity index (χ3v) is 2.87. The minimum absolute atomic E-state index is 0.0148. The fraction of sp³-hybridized carbons (Fsp3) is 0.462. The Bertz CT molecular complexity index is 474. The molecular weight excluding hydrogens is 280 g/mol. The molecule has 1 aromatic rings. The third kappa shape index (κ3) is 4.70. The van der Waals surface area contributed by atoms with E-state index in [1.54, 1.807) is 26.2 Å². The van der Waals surface area contributed by atoms with Crippen LogP contribution < -0.4 is 10.6 Å². The highest BCUT2D eigenvalue weighted by molar-refractivity contribution is 6.29. The van der Waals surface area contributed by atoms with E-state index >= 15 is 0 Å². The van der Waals surface area contributed by atoms with Gasteiger partial charge in [0.25, 0.3) is 0 Å². The summed E-state index contributed by atoms with van der Waals surface area (Å²) in [5, 5.41) is 5.61. The first-order chi connectivity index (χ1) is 9.31. The number of nitrogens with one attached hydrogen (secondary N) is 2. The van der Waals surface area contributed by atoms with Crippen LogP contribution in [0.1, 0.15) is 13.8 Å². The number of carbonyl (C=O) groups is 2. The van der Waals surface area contributed by atoms with Crippen molar-refractivity contribution in [2.45, 2.75) is 19.9 Å². The van der Waals surface area contributed by atoms with E-state index in [4.69, 9.17) is 11.6 Å². The van der Waals surface area contributed by atoms with Crippen molar-refractivity contribution in [2.75, 3.05) is 19.4 Å². The molecule has 6 nitrogen and oxygen atoms in total. The summed E-state index contributed by atoms with van der Waals surface area (Å²) >= 11 is 5.66. The zero-order valence-corrected chi connectivity index (χ0v) is 12.7. The van der Waals surface area contributed by atoms with Gasteiger partial charge in [-0.3, -0.25) is 4.79 Å². The second-order valence-corrected chi connectivity index (χ2v) is 5.31. The molecule has 1 unspecified atom stereocenters. The molecule has 1 aromatic heterocycles. The lowest BCUT2D eigenvalue weighted by atomic mass is 10.0. The number of hydrogen-bond donors (Lipinski definition) is 2. The summed E-state index contributed by atoms with van der Waals surface area (Å²) in [5.74, 6) is -0.164. The Morgan fingerprint density at radius 2 is 1.95 bits per heavy atom. The molecule has 0 bridgehead atoms. The first kappa shape index (κ1) is 16.2. The lowest BCUT2D eigenvalue weighted by Gasteiger charge is -2.24. The number of hydrogen-bond acceptors (Lipinski definition) is 3. The minimum atomic E-state index is -0.578. The van der Waals surface area contributed by atoms with Gasteiger partial charge in [0, 0.05) is 14.1 Å². The lowest BCUT2D eigenvalue weighted by molar-refractivity contribution is -0.131. The Morgan fingerprint density at radius 3 is 2.40 bits per heavy atom. The van der Waals surface area contributed by atoms with Gasteiger partial charge in [0.05, 0.1) is 11.9 Å². The van der Waals surface area contributed by atoms with Crippen LogP contribution >= 0.6 is 11.6 Å². The monoisotopic (exact) mass is 298 g/mol. The molecular formula is C13H19ClN4O2. The molecule has 7 heteroatoms. The van der Waals surface area contributed by atoms with Crippen molar-refractivity contribution in [3.05, 3.63) is 23.5 Å². The Morgan fingerprint density at radius 1 is 1.30 bits per heavy atom. The molecule has 0 saturated carbocycles. The van der Waals surface area contributed by atoms with Crippen LogP contribution in [0.3, 0.4) is 0 Å². The van der Waals surface area contributed by atoms with Gasteiger partial charge in [0.2, 0.25) is 5.91 Å². The van der Waals surface area contributed by atoms with Gasteiger partial charge >= 0.3 is 6.03 Å². The number of carbonyl (C=O) groups excluding carboxylic acids is 2. The minimum Gasteiger partial charge on any atom is -0.347 e. The highest BCUT2D eigenvalue weighted by Crippen LogP contribution is 2.10. The maximum absolute atomic E-state index is 12.0. The van der Waals surface area contributed by atoms with Crippen molar-refractivity contribution in [2.24, 2.45) is 5.92 Å². The van der Waals surface area contributed by atoms with Crippen LogP contribution in [-0.4, -0.2) is 42.0 Å². The van der Waals surface area contributed by atoms with Crippen LogP contribution in [-0.2, 0) is 4.79 Å². The number of halogens is 1. The normalized spacial score (nSPS) is 11.9. The van der Waals surface area contributed by atoms with E-state index < -0.39 is 12.1 Å². The molecule has 1 heterocycles. The van der Waals surface area contributed by atoms with E-state index in [-0.39, 0.29) is 11.8 Å². The fourth-order valence-electron chi connectivity index (χ4n) is 1.55. The summed E-state index contributed by atoms with van der Waals surface area (Å²) in [6, 6.07) is 2.17. The quantitative estimate of drug-likeness (QED) is 0.835. The smallest absolute Gasteiger partial charge is 0.319 e. The first-order valence-electron chi connectivity index (χ1n) is 6.21. The highest BCUT2D eigenvalue weighted by atomic mass is 35.5. The number of likely N-dealkylation sites (N-methyl/N-ethyl adjacent to an activating group) is 1. The molecule has 0 aliphatic rings. The number of anilines is 1. The molecule has 2 N–H and O–H groups in total.